The predicted molar refractivity (Wildman–Crippen MR) is 64.1 cm³/mol. The number of carbonyl (C=O) groups is 1. The van der Waals surface area contributed by atoms with E-state index < -0.39 is 5.41 Å². The normalized spacial score (nSPS) is 16.6. The average Bonchev–Trinajstić information content (AvgIpc) is 2.28. The molecule has 0 aliphatic heterocycles. The Morgan fingerprint density at radius 3 is 2.44 bits per heavy atom. The van der Waals surface area contributed by atoms with Crippen molar-refractivity contribution < 1.29 is 14.3 Å². The summed E-state index contributed by atoms with van der Waals surface area (Å²) in [5.74, 6) is -0.191. The summed E-state index contributed by atoms with van der Waals surface area (Å²) in [6, 6.07) is 0. The highest BCUT2D eigenvalue weighted by molar-refractivity contribution is 5.77. The van der Waals surface area contributed by atoms with Crippen LogP contribution in [0.3, 0.4) is 0 Å². The Balaban J connectivity index is 4.75. The first kappa shape index (κ1) is 15.4. The van der Waals surface area contributed by atoms with Gasteiger partial charge in [-0.2, -0.15) is 0 Å². The van der Waals surface area contributed by atoms with E-state index in [0.29, 0.717) is 19.6 Å². The van der Waals surface area contributed by atoms with Crippen LogP contribution in [0.1, 0.15) is 40.0 Å². The van der Waals surface area contributed by atoms with Crippen LogP contribution in [0.25, 0.3) is 0 Å². The molecule has 0 aliphatic rings. The van der Waals surface area contributed by atoms with E-state index in [1.807, 2.05) is 20.8 Å². The van der Waals surface area contributed by atoms with Gasteiger partial charge in [-0.25, -0.2) is 0 Å². The number of ether oxygens (including phenoxy) is 2. The first-order valence-electron chi connectivity index (χ1n) is 5.96. The molecule has 2 atom stereocenters. The largest absolute Gasteiger partial charge is 0.466 e. The molecular formula is C12H25NO3. The minimum Gasteiger partial charge on any atom is -0.466 e. The van der Waals surface area contributed by atoms with Crippen molar-refractivity contribution in [1.29, 1.82) is 0 Å². The van der Waals surface area contributed by atoms with Gasteiger partial charge in [0.25, 0.3) is 0 Å². The Labute approximate surface area is 98.5 Å². The summed E-state index contributed by atoms with van der Waals surface area (Å²) < 4.78 is 10.3. The lowest BCUT2D eigenvalue weighted by Crippen LogP contribution is -2.42. The van der Waals surface area contributed by atoms with Crippen LogP contribution in [0, 0.1) is 5.41 Å². The highest BCUT2D eigenvalue weighted by Crippen LogP contribution is 2.31. The summed E-state index contributed by atoms with van der Waals surface area (Å²) in [6.07, 6.45) is 2.29. The minimum absolute atomic E-state index is 0.0134. The fourth-order valence-electron chi connectivity index (χ4n) is 1.95. The number of carbonyl (C=O) groups excluding carboxylic acids is 1. The van der Waals surface area contributed by atoms with Crippen molar-refractivity contribution in [3.8, 4) is 0 Å². The standard InChI is InChI=1S/C12H25NO3/c1-5-7-12(9-13,8-10(3)15-4)11(14)16-6-2/h10H,5-9,13H2,1-4H3. The summed E-state index contributed by atoms with van der Waals surface area (Å²) in [4.78, 5) is 12.0. The van der Waals surface area contributed by atoms with Gasteiger partial charge in [-0.3, -0.25) is 4.79 Å². The Hall–Kier alpha value is -0.610. The van der Waals surface area contributed by atoms with Gasteiger partial charge < -0.3 is 15.2 Å². The predicted octanol–water partition coefficient (Wildman–Crippen LogP) is 1.72. The van der Waals surface area contributed by atoms with Crippen LogP contribution < -0.4 is 5.73 Å². The molecule has 0 spiro atoms. The molecular weight excluding hydrogens is 206 g/mol. The smallest absolute Gasteiger partial charge is 0.313 e. The fourth-order valence-corrected chi connectivity index (χ4v) is 1.95. The Bertz CT molecular complexity index is 208. The van der Waals surface area contributed by atoms with E-state index in [4.69, 9.17) is 15.2 Å². The summed E-state index contributed by atoms with van der Waals surface area (Å²) >= 11 is 0. The highest BCUT2D eigenvalue weighted by atomic mass is 16.5. The van der Waals surface area contributed by atoms with E-state index in [1.54, 1.807) is 7.11 Å². The fraction of sp³-hybridized carbons (Fsp3) is 0.917. The lowest BCUT2D eigenvalue weighted by Gasteiger charge is -2.31. The van der Waals surface area contributed by atoms with Crippen LogP contribution in [0.15, 0.2) is 0 Å². The zero-order valence-corrected chi connectivity index (χ0v) is 10.9. The molecule has 0 aromatic carbocycles. The van der Waals surface area contributed by atoms with Gasteiger partial charge in [-0.1, -0.05) is 13.3 Å². The monoisotopic (exact) mass is 231 g/mol. The van der Waals surface area contributed by atoms with Crippen molar-refractivity contribution in [2.75, 3.05) is 20.3 Å². The molecule has 0 saturated heterocycles. The van der Waals surface area contributed by atoms with Crippen molar-refractivity contribution in [2.24, 2.45) is 11.1 Å². The summed E-state index contributed by atoms with van der Waals surface area (Å²) in [5, 5.41) is 0. The second kappa shape index (κ2) is 7.63. The third-order valence-corrected chi connectivity index (χ3v) is 2.91. The first-order valence-corrected chi connectivity index (χ1v) is 5.96. The highest BCUT2D eigenvalue weighted by Gasteiger charge is 2.39. The molecule has 0 bridgehead atoms. The van der Waals surface area contributed by atoms with Gasteiger partial charge in [-0.05, 0) is 26.7 Å². The molecule has 0 amide bonds. The molecule has 96 valence electrons. The quantitative estimate of drug-likeness (QED) is 0.646. The van der Waals surface area contributed by atoms with Crippen LogP contribution in [0.5, 0.6) is 0 Å². The summed E-state index contributed by atoms with van der Waals surface area (Å²) in [7, 11) is 1.64. The van der Waals surface area contributed by atoms with Crippen LogP contribution in [-0.4, -0.2) is 32.3 Å². The van der Waals surface area contributed by atoms with Gasteiger partial charge in [0.15, 0.2) is 0 Å². The number of methoxy groups -OCH3 is 1. The van der Waals surface area contributed by atoms with E-state index >= 15 is 0 Å². The summed E-state index contributed by atoms with van der Waals surface area (Å²) in [5.41, 5.74) is 5.19. The maximum absolute atomic E-state index is 12.0. The molecule has 2 N–H and O–H groups in total. The van der Waals surface area contributed by atoms with Gasteiger partial charge in [0, 0.05) is 13.7 Å². The zero-order valence-electron chi connectivity index (χ0n) is 10.9. The van der Waals surface area contributed by atoms with E-state index in [2.05, 4.69) is 0 Å². The maximum Gasteiger partial charge on any atom is 0.313 e. The molecule has 0 saturated carbocycles. The Morgan fingerprint density at radius 1 is 1.44 bits per heavy atom. The van der Waals surface area contributed by atoms with Crippen molar-refractivity contribution in [3.05, 3.63) is 0 Å². The second-order valence-electron chi connectivity index (χ2n) is 4.21. The Kier molecular flexibility index (Phi) is 7.34. The topological polar surface area (TPSA) is 61.5 Å². The van der Waals surface area contributed by atoms with Crippen LogP contribution in [0.4, 0.5) is 0 Å². The Morgan fingerprint density at radius 2 is 2.06 bits per heavy atom. The van der Waals surface area contributed by atoms with Crippen LogP contribution in [0.2, 0.25) is 0 Å². The van der Waals surface area contributed by atoms with Gasteiger partial charge in [0.2, 0.25) is 0 Å². The number of esters is 1. The zero-order chi connectivity index (χ0) is 12.6. The molecule has 4 nitrogen and oxygen atoms in total. The number of nitrogens with two attached hydrogens (primary N) is 1. The second-order valence-corrected chi connectivity index (χ2v) is 4.21. The number of hydrogen-bond donors (Lipinski definition) is 1. The van der Waals surface area contributed by atoms with E-state index in [1.165, 1.54) is 0 Å². The third kappa shape index (κ3) is 4.10. The van der Waals surface area contributed by atoms with Crippen molar-refractivity contribution in [1.82, 2.24) is 0 Å². The number of rotatable bonds is 8. The SMILES string of the molecule is CCCC(CN)(CC(C)OC)C(=O)OCC. The minimum atomic E-state index is -0.583. The van der Waals surface area contributed by atoms with Crippen molar-refractivity contribution in [2.45, 2.75) is 46.1 Å². The number of hydrogen-bond acceptors (Lipinski definition) is 4. The molecule has 0 fully saturated rings. The molecule has 0 aromatic rings. The molecule has 4 heteroatoms. The molecule has 0 rings (SSSR count). The van der Waals surface area contributed by atoms with Crippen molar-refractivity contribution in [3.63, 3.8) is 0 Å². The van der Waals surface area contributed by atoms with Gasteiger partial charge in [0.1, 0.15) is 0 Å². The maximum atomic E-state index is 12.0. The van der Waals surface area contributed by atoms with E-state index in [9.17, 15) is 4.79 Å². The molecule has 2 unspecified atom stereocenters. The van der Waals surface area contributed by atoms with Crippen LogP contribution >= 0.6 is 0 Å². The van der Waals surface area contributed by atoms with E-state index in [-0.39, 0.29) is 12.1 Å². The molecule has 0 heterocycles. The van der Waals surface area contributed by atoms with E-state index in [0.717, 1.165) is 12.8 Å². The van der Waals surface area contributed by atoms with Gasteiger partial charge in [0.05, 0.1) is 18.1 Å². The summed E-state index contributed by atoms with van der Waals surface area (Å²) in [6.45, 7) is 6.50. The van der Waals surface area contributed by atoms with Gasteiger partial charge in [-0.15, -0.1) is 0 Å². The lowest BCUT2D eigenvalue weighted by molar-refractivity contribution is -0.157. The molecule has 0 aromatic heterocycles. The molecule has 0 aliphatic carbocycles. The van der Waals surface area contributed by atoms with Crippen LogP contribution in [-0.2, 0) is 14.3 Å². The first-order chi connectivity index (χ1) is 7.56. The third-order valence-electron chi connectivity index (χ3n) is 2.91. The van der Waals surface area contributed by atoms with Crippen molar-refractivity contribution >= 4 is 5.97 Å². The van der Waals surface area contributed by atoms with Gasteiger partial charge >= 0.3 is 5.97 Å². The molecule has 16 heavy (non-hydrogen) atoms. The lowest BCUT2D eigenvalue weighted by atomic mass is 9.78. The molecule has 0 radical (unpaired) electrons. The average molecular weight is 231 g/mol.